The molecule has 0 radical (unpaired) electrons. The molecule has 0 heterocycles. The largest absolute Gasteiger partial charge is 0.481 e. The maximum absolute atomic E-state index is 9.99. The van der Waals surface area contributed by atoms with Gasteiger partial charge in [-0.1, -0.05) is 43.0 Å². The molecule has 1 unspecified atom stereocenters. The fourth-order valence-corrected chi connectivity index (χ4v) is 0.992. The van der Waals surface area contributed by atoms with E-state index >= 15 is 0 Å². The minimum absolute atomic E-state index is 0.0231. The monoisotopic (exact) mass is 251 g/mol. The van der Waals surface area contributed by atoms with Gasteiger partial charge in [0.1, 0.15) is 6.04 Å². The summed E-state index contributed by atoms with van der Waals surface area (Å²) in [4.78, 5) is 19.9. The van der Waals surface area contributed by atoms with Gasteiger partial charge in [-0.15, -0.1) is 0 Å². The third-order valence-electron chi connectivity index (χ3n) is 2.02. The molecule has 1 atom stereocenters. The summed E-state index contributed by atoms with van der Waals surface area (Å²) in [6, 6.07) is 8.97. The molecule has 1 rings (SSSR count). The molecule has 5 nitrogen and oxygen atoms in total. The fraction of sp³-hybridized carbons (Fsp3) is 0.231. The first-order chi connectivity index (χ1) is 8.47. The van der Waals surface area contributed by atoms with E-state index < -0.39 is 18.0 Å². The van der Waals surface area contributed by atoms with E-state index in [2.05, 4.69) is 6.58 Å². The zero-order valence-electron chi connectivity index (χ0n) is 9.95. The lowest BCUT2D eigenvalue weighted by molar-refractivity contribution is -0.139. The van der Waals surface area contributed by atoms with Crippen LogP contribution in [-0.2, 0) is 9.59 Å². The number of rotatable bonds is 5. The summed E-state index contributed by atoms with van der Waals surface area (Å²) >= 11 is 0. The summed E-state index contributed by atoms with van der Waals surface area (Å²) in [5, 5.41) is 16.3. The summed E-state index contributed by atoms with van der Waals surface area (Å²) in [6.45, 7) is 3.63. The number of carboxylic acids is 2. The lowest BCUT2D eigenvalue weighted by Gasteiger charge is -2.01. The number of benzene rings is 1. The second-order valence-corrected chi connectivity index (χ2v) is 3.49. The molecule has 0 aliphatic rings. The molecule has 1 aromatic rings. The van der Waals surface area contributed by atoms with E-state index in [1.807, 2.05) is 36.4 Å². The van der Waals surface area contributed by atoms with Crippen LogP contribution in [0.25, 0.3) is 6.08 Å². The maximum Gasteiger partial charge on any atom is 0.320 e. The lowest BCUT2D eigenvalue weighted by Crippen LogP contribution is -2.30. The molecule has 0 aliphatic heterocycles. The first-order valence-electron chi connectivity index (χ1n) is 5.35. The smallest absolute Gasteiger partial charge is 0.320 e. The quantitative estimate of drug-likeness (QED) is 0.737. The van der Waals surface area contributed by atoms with Gasteiger partial charge in [0.25, 0.3) is 0 Å². The number of nitrogens with two attached hydrogens (primary N) is 1. The van der Waals surface area contributed by atoms with Crippen molar-refractivity contribution < 1.29 is 19.8 Å². The predicted molar refractivity (Wildman–Crippen MR) is 69.0 cm³/mol. The van der Waals surface area contributed by atoms with Crippen molar-refractivity contribution in [3.05, 3.63) is 42.5 Å². The summed E-state index contributed by atoms with van der Waals surface area (Å²) in [7, 11) is 0. The van der Waals surface area contributed by atoms with Gasteiger partial charge in [-0.05, 0) is 12.0 Å². The van der Waals surface area contributed by atoms with E-state index in [0.717, 1.165) is 0 Å². The Morgan fingerprint density at radius 1 is 1.28 bits per heavy atom. The Labute approximate surface area is 106 Å². The van der Waals surface area contributed by atoms with Gasteiger partial charge < -0.3 is 15.9 Å². The van der Waals surface area contributed by atoms with Crippen molar-refractivity contribution in [2.45, 2.75) is 18.9 Å². The van der Waals surface area contributed by atoms with Gasteiger partial charge in [0.15, 0.2) is 0 Å². The molecule has 0 fully saturated rings. The van der Waals surface area contributed by atoms with Gasteiger partial charge in [0, 0.05) is 6.42 Å². The highest BCUT2D eigenvalue weighted by Gasteiger charge is 2.12. The van der Waals surface area contributed by atoms with Crippen molar-refractivity contribution >= 4 is 18.0 Å². The average molecular weight is 251 g/mol. The Morgan fingerprint density at radius 2 is 1.83 bits per heavy atom. The number of carboxylic acid groups (broad SMARTS) is 2. The molecule has 1 aromatic carbocycles. The Bertz CT molecular complexity index is 389. The van der Waals surface area contributed by atoms with E-state index in [1.165, 1.54) is 5.56 Å². The summed E-state index contributed by atoms with van der Waals surface area (Å²) in [5.41, 5.74) is 6.18. The van der Waals surface area contributed by atoms with Gasteiger partial charge in [0.05, 0.1) is 0 Å². The van der Waals surface area contributed by atoms with Gasteiger partial charge in [-0.2, -0.15) is 0 Å². The van der Waals surface area contributed by atoms with Crippen LogP contribution in [0.15, 0.2) is 36.9 Å². The highest BCUT2D eigenvalue weighted by molar-refractivity contribution is 5.74. The minimum Gasteiger partial charge on any atom is -0.481 e. The van der Waals surface area contributed by atoms with E-state index in [-0.39, 0.29) is 12.8 Å². The second kappa shape index (κ2) is 8.95. The average Bonchev–Trinajstić information content (AvgIpc) is 2.37. The third kappa shape index (κ3) is 8.06. The van der Waals surface area contributed by atoms with Crippen LogP contribution in [0.2, 0.25) is 0 Å². The second-order valence-electron chi connectivity index (χ2n) is 3.49. The number of aliphatic carboxylic acids is 2. The van der Waals surface area contributed by atoms with Crippen LogP contribution < -0.4 is 5.73 Å². The number of hydrogen-bond acceptors (Lipinski definition) is 3. The third-order valence-corrected chi connectivity index (χ3v) is 2.02. The van der Waals surface area contributed by atoms with Crippen LogP contribution >= 0.6 is 0 Å². The molecule has 4 N–H and O–H groups in total. The van der Waals surface area contributed by atoms with Crippen LogP contribution in [0.5, 0.6) is 0 Å². The molecule has 0 bridgehead atoms. The highest BCUT2D eigenvalue weighted by atomic mass is 16.4. The van der Waals surface area contributed by atoms with Gasteiger partial charge >= 0.3 is 11.9 Å². The molecule has 98 valence electrons. The molecule has 0 aromatic heterocycles. The molecular weight excluding hydrogens is 234 g/mol. The van der Waals surface area contributed by atoms with Crippen molar-refractivity contribution in [2.75, 3.05) is 0 Å². The first-order valence-corrected chi connectivity index (χ1v) is 5.35. The zero-order valence-corrected chi connectivity index (χ0v) is 9.95. The molecule has 0 spiro atoms. The summed E-state index contributed by atoms with van der Waals surface area (Å²) in [5.74, 6) is -2.20. The van der Waals surface area contributed by atoms with Crippen molar-refractivity contribution in [1.82, 2.24) is 0 Å². The van der Waals surface area contributed by atoms with Crippen LogP contribution in [0, 0.1) is 0 Å². The van der Waals surface area contributed by atoms with Crippen molar-refractivity contribution in [1.29, 1.82) is 0 Å². The molecular formula is C13H17NO4. The van der Waals surface area contributed by atoms with Crippen LogP contribution in [0.4, 0.5) is 0 Å². The highest BCUT2D eigenvalue weighted by Crippen LogP contribution is 1.97. The van der Waals surface area contributed by atoms with Gasteiger partial charge in [0.2, 0.25) is 0 Å². The minimum atomic E-state index is -1.17. The number of carbonyl (C=O) groups is 2. The van der Waals surface area contributed by atoms with E-state index in [9.17, 15) is 9.59 Å². The Kier molecular flexibility index (Phi) is 7.89. The lowest BCUT2D eigenvalue weighted by atomic mass is 10.2. The molecule has 5 heteroatoms. The summed E-state index contributed by atoms with van der Waals surface area (Å²) < 4.78 is 0. The van der Waals surface area contributed by atoms with Crippen molar-refractivity contribution in [3.63, 3.8) is 0 Å². The molecule has 0 aliphatic carbocycles. The van der Waals surface area contributed by atoms with Crippen LogP contribution in [0.3, 0.4) is 0 Å². The number of hydrogen-bond donors (Lipinski definition) is 3. The van der Waals surface area contributed by atoms with Crippen molar-refractivity contribution in [3.8, 4) is 0 Å². The SMILES string of the molecule is C=Cc1ccccc1.NC(CCC(=O)O)C(=O)O. The van der Waals surface area contributed by atoms with E-state index in [4.69, 9.17) is 15.9 Å². The summed E-state index contributed by atoms with van der Waals surface area (Å²) in [6.07, 6.45) is 1.61. The van der Waals surface area contributed by atoms with E-state index in [0.29, 0.717) is 0 Å². The predicted octanol–water partition coefficient (Wildman–Crippen LogP) is 1.59. The Morgan fingerprint density at radius 3 is 2.17 bits per heavy atom. The molecule has 0 amide bonds. The van der Waals surface area contributed by atoms with Crippen LogP contribution in [-0.4, -0.2) is 28.2 Å². The van der Waals surface area contributed by atoms with Crippen LogP contribution in [0.1, 0.15) is 18.4 Å². The first kappa shape index (κ1) is 15.9. The Hall–Kier alpha value is -2.14. The molecule has 0 saturated heterocycles. The van der Waals surface area contributed by atoms with Gasteiger partial charge in [-0.25, -0.2) is 0 Å². The molecule has 0 saturated carbocycles. The van der Waals surface area contributed by atoms with Crippen molar-refractivity contribution in [2.24, 2.45) is 5.73 Å². The topological polar surface area (TPSA) is 101 Å². The normalized spacial score (nSPS) is 10.7. The Balaban J connectivity index is 0.000000327. The fourth-order valence-electron chi connectivity index (χ4n) is 0.992. The zero-order chi connectivity index (χ0) is 14.0. The van der Waals surface area contributed by atoms with E-state index in [1.54, 1.807) is 0 Å². The van der Waals surface area contributed by atoms with Gasteiger partial charge in [-0.3, -0.25) is 9.59 Å². The maximum atomic E-state index is 9.99. The standard InChI is InChI=1S/C8H8.C5H9NO4/c1-2-8-6-4-3-5-7-8;6-3(5(9)10)1-2-4(7)8/h2-7H,1H2;3H,1-2,6H2,(H,7,8)(H,9,10). The molecule has 18 heavy (non-hydrogen) atoms.